The van der Waals surface area contributed by atoms with Gasteiger partial charge in [0, 0.05) is 13.1 Å². The standard InChI is InChI=1S/C4H9N3.ClH/c5-4-6-2-1-3-7-4;/h1-3H2,(H3,5,6,7);1H. The Hall–Kier alpha value is -0.440. The zero-order chi connectivity index (χ0) is 5.11. The summed E-state index contributed by atoms with van der Waals surface area (Å²) < 4.78 is 0. The van der Waals surface area contributed by atoms with E-state index < -0.39 is 0 Å². The highest BCUT2D eigenvalue weighted by Crippen LogP contribution is 1.83. The minimum Gasteiger partial charge on any atom is -0.370 e. The van der Waals surface area contributed by atoms with Crippen molar-refractivity contribution in [2.24, 2.45) is 10.7 Å². The van der Waals surface area contributed by atoms with Crippen molar-refractivity contribution in [1.29, 1.82) is 0 Å². The summed E-state index contributed by atoms with van der Waals surface area (Å²) >= 11 is 0. The number of nitrogens with one attached hydrogen (secondary N) is 1. The average Bonchev–Trinajstić information content (AvgIpc) is 1.69. The Morgan fingerprint density at radius 1 is 1.62 bits per heavy atom. The van der Waals surface area contributed by atoms with Crippen LogP contribution in [0.3, 0.4) is 0 Å². The van der Waals surface area contributed by atoms with E-state index >= 15 is 0 Å². The van der Waals surface area contributed by atoms with Crippen LogP contribution in [0.25, 0.3) is 0 Å². The lowest BCUT2D eigenvalue weighted by Crippen LogP contribution is -2.35. The Morgan fingerprint density at radius 3 is 2.62 bits per heavy atom. The molecule has 0 saturated heterocycles. The van der Waals surface area contributed by atoms with Crippen LogP contribution in [-0.4, -0.2) is 19.0 Å². The zero-order valence-electron chi connectivity index (χ0n) is 4.55. The number of hydrogen-bond acceptors (Lipinski definition) is 3. The Bertz CT molecular complexity index is 91.3. The van der Waals surface area contributed by atoms with Crippen molar-refractivity contribution >= 4 is 18.4 Å². The average molecular weight is 136 g/mol. The molecule has 0 atom stereocenters. The van der Waals surface area contributed by atoms with Gasteiger partial charge < -0.3 is 11.1 Å². The normalized spacial score (nSPS) is 17.8. The fourth-order valence-corrected chi connectivity index (χ4v) is 0.551. The Morgan fingerprint density at radius 2 is 2.38 bits per heavy atom. The first-order valence-electron chi connectivity index (χ1n) is 2.43. The van der Waals surface area contributed by atoms with Crippen LogP contribution >= 0.6 is 12.4 Å². The largest absolute Gasteiger partial charge is 0.370 e. The first-order chi connectivity index (χ1) is 3.39. The Labute approximate surface area is 54.8 Å². The van der Waals surface area contributed by atoms with Gasteiger partial charge >= 0.3 is 0 Å². The van der Waals surface area contributed by atoms with Crippen molar-refractivity contribution in [3.05, 3.63) is 0 Å². The number of guanidine groups is 1. The quantitative estimate of drug-likeness (QED) is 0.480. The van der Waals surface area contributed by atoms with Gasteiger partial charge in [0.1, 0.15) is 0 Å². The van der Waals surface area contributed by atoms with Gasteiger partial charge in [0.25, 0.3) is 0 Å². The zero-order valence-corrected chi connectivity index (χ0v) is 5.37. The summed E-state index contributed by atoms with van der Waals surface area (Å²) in [6, 6.07) is 0. The maximum absolute atomic E-state index is 5.27. The van der Waals surface area contributed by atoms with Gasteiger partial charge in [-0.1, -0.05) is 0 Å². The molecule has 0 aromatic heterocycles. The van der Waals surface area contributed by atoms with Gasteiger partial charge in [0.05, 0.1) is 0 Å². The van der Waals surface area contributed by atoms with E-state index in [4.69, 9.17) is 5.73 Å². The van der Waals surface area contributed by atoms with Crippen LogP contribution in [-0.2, 0) is 0 Å². The fraction of sp³-hybridized carbons (Fsp3) is 0.750. The van der Waals surface area contributed by atoms with Crippen molar-refractivity contribution in [3.63, 3.8) is 0 Å². The molecule has 8 heavy (non-hydrogen) atoms. The van der Waals surface area contributed by atoms with Gasteiger partial charge in [-0.15, -0.1) is 12.4 Å². The first-order valence-corrected chi connectivity index (χ1v) is 2.43. The SMILES string of the molecule is Cl.NC1=NCCCN1. The van der Waals surface area contributed by atoms with E-state index in [0.717, 1.165) is 19.5 Å². The van der Waals surface area contributed by atoms with E-state index in [1.807, 2.05) is 0 Å². The monoisotopic (exact) mass is 135 g/mol. The molecule has 1 rings (SSSR count). The summed E-state index contributed by atoms with van der Waals surface area (Å²) in [5.74, 6) is 0.589. The van der Waals surface area contributed by atoms with Crippen LogP contribution in [0.4, 0.5) is 0 Å². The van der Waals surface area contributed by atoms with Crippen LogP contribution in [0.1, 0.15) is 6.42 Å². The summed E-state index contributed by atoms with van der Waals surface area (Å²) in [5, 5.41) is 2.91. The molecule has 0 radical (unpaired) electrons. The second-order valence-corrected chi connectivity index (χ2v) is 1.55. The molecule has 1 aliphatic heterocycles. The summed E-state index contributed by atoms with van der Waals surface area (Å²) in [7, 11) is 0. The van der Waals surface area contributed by atoms with Crippen molar-refractivity contribution in [2.45, 2.75) is 6.42 Å². The number of nitrogens with zero attached hydrogens (tertiary/aromatic N) is 1. The minimum atomic E-state index is 0. The van der Waals surface area contributed by atoms with Gasteiger partial charge in [-0.05, 0) is 6.42 Å². The third kappa shape index (κ3) is 2.02. The summed E-state index contributed by atoms with van der Waals surface area (Å²) in [6.45, 7) is 1.87. The van der Waals surface area contributed by atoms with Crippen molar-refractivity contribution in [3.8, 4) is 0 Å². The molecule has 0 aromatic rings. The molecule has 48 valence electrons. The molecule has 0 saturated carbocycles. The van der Waals surface area contributed by atoms with E-state index in [1.54, 1.807) is 0 Å². The number of hydrogen-bond donors (Lipinski definition) is 2. The van der Waals surface area contributed by atoms with Crippen molar-refractivity contribution in [2.75, 3.05) is 13.1 Å². The van der Waals surface area contributed by atoms with Crippen LogP contribution in [0.5, 0.6) is 0 Å². The van der Waals surface area contributed by atoms with E-state index in [-0.39, 0.29) is 12.4 Å². The molecule has 0 bridgehead atoms. The lowest BCUT2D eigenvalue weighted by Gasteiger charge is -2.08. The number of rotatable bonds is 0. The van der Waals surface area contributed by atoms with Gasteiger partial charge in [0.2, 0.25) is 0 Å². The first kappa shape index (κ1) is 7.56. The summed E-state index contributed by atoms with van der Waals surface area (Å²) in [6.07, 6.45) is 1.11. The highest BCUT2D eigenvalue weighted by atomic mass is 35.5. The van der Waals surface area contributed by atoms with Crippen LogP contribution < -0.4 is 11.1 Å². The maximum Gasteiger partial charge on any atom is 0.188 e. The second-order valence-electron chi connectivity index (χ2n) is 1.55. The number of nitrogens with two attached hydrogens (primary N) is 1. The predicted octanol–water partition coefficient (Wildman–Crippen LogP) is -0.284. The van der Waals surface area contributed by atoms with E-state index in [1.165, 1.54) is 0 Å². The third-order valence-corrected chi connectivity index (χ3v) is 0.923. The van der Waals surface area contributed by atoms with E-state index in [2.05, 4.69) is 10.3 Å². The van der Waals surface area contributed by atoms with Crippen molar-refractivity contribution < 1.29 is 0 Å². The molecule has 1 aliphatic rings. The highest BCUT2D eigenvalue weighted by Gasteiger charge is 1.94. The maximum atomic E-state index is 5.27. The highest BCUT2D eigenvalue weighted by molar-refractivity contribution is 5.85. The van der Waals surface area contributed by atoms with Crippen LogP contribution in [0.2, 0.25) is 0 Å². The Balaban J connectivity index is 0.000000490. The molecule has 4 heteroatoms. The smallest absolute Gasteiger partial charge is 0.188 e. The van der Waals surface area contributed by atoms with E-state index in [0.29, 0.717) is 5.96 Å². The van der Waals surface area contributed by atoms with Crippen molar-refractivity contribution in [1.82, 2.24) is 5.32 Å². The molecule has 0 unspecified atom stereocenters. The molecular weight excluding hydrogens is 126 g/mol. The molecule has 3 nitrogen and oxygen atoms in total. The lowest BCUT2D eigenvalue weighted by molar-refractivity contribution is 0.736. The minimum absolute atomic E-state index is 0. The van der Waals surface area contributed by atoms with E-state index in [9.17, 15) is 0 Å². The Kier molecular flexibility index (Phi) is 3.35. The topological polar surface area (TPSA) is 50.4 Å². The molecule has 1 heterocycles. The molecular formula is C4H10ClN3. The molecule has 0 amide bonds. The van der Waals surface area contributed by atoms with Gasteiger partial charge in [-0.3, -0.25) is 4.99 Å². The number of halogens is 1. The van der Waals surface area contributed by atoms with Crippen LogP contribution in [0, 0.1) is 0 Å². The molecule has 0 aromatic carbocycles. The van der Waals surface area contributed by atoms with Gasteiger partial charge in [-0.2, -0.15) is 0 Å². The summed E-state index contributed by atoms with van der Waals surface area (Å²) in [5.41, 5.74) is 5.27. The predicted molar refractivity (Wildman–Crippen MR) is 36.4 cm³/mol. The number of aliphatic imine (C=N–C) groups is 1. The molecule has 0 aliphatic carbocycles. The van der Waals surface area contributed by atoms with Crippen LogP contribution in [0.15, 0.2) is 4.99 Å². The van der Waals surface area contributed by atoms with Gasteiger partial charge in [0.15, 0.2) is 5.96 Å². The molecule has 0 spiro atoms. The lowest BCUT2D eigenvalue weighted by atomic mass is 10.4. The summed E-state index contributed by atoms with van der Waals surface area (Å²) in [4.78, 5) is 3.91. The van der Waals surface area contributed by atoms with Gasteiger partial charge in [-0.25, -0.2) is 0 Å². The molecule has 3 N–H and O–H groups in total. The molecule has 0 fully saturated rings. The second kappa shape index (κ2) is 3.55. The third-order valence-electron chi connectivity index (χ3n) is 0.923. The fourth-order valence-electron chi connectivity index (χ4n) is 0.551.